The molecule has 8 aromatic rings. The molecule has 1 atom stereocenters. The Morgan fingerprint density at radius 2 is 1.13 bits per heavy atom. The molecule has 1 unspecified atom stereocenters. The fourth-order valence-electron chi connectivity index (χ4n) is 9.59. The summed E-state index contributed by atoms with van der Waals surface area (Å²) < 4.78 is 28.8. The first kappa shape index (κ1) is 55.8. The molecule has 16 nitrogen and oxygen atoms in total. The molecule has 18 heteroatoms. The zero-order valence-corrected chi connectivity index (χ0v) is 46.7. The second-order valence-corrected chi connectivity index (χ2v) is 21.5. The summed E-state index contributed by atoms with van der Waals surface area (Å²) in [6.07, 6.45) is 10.2. The first-order valence-electron chi connectivity index (χ1n) is 26.6. The molecule has 4 amide bonds. The van der Waals surface area contributed by atoms with Gasteiger partial charge in [-0.25, -0.2) is 9.97 Å². The molecule has 0 bridgehead atoms. The number of thioether (sulfide) groups is 2. The van der Waals surface area contributed by atoms with Crippen LogP contribution in [0.4, 0.5) is 16.2 Å². The molecule has 3 fully saturated rings. The SMILES string of the molecule is CSCC(=O)NC=O.Cc1ccc(OCc2nc3ccc(Oc4ccccc4N4CCCCC4)cc3n2C)cc1.Cn1c(COc2ccc(CC3SC(=O)NC3=O)cc2)nc2ccc(Oc3ccccc3N3CCCCC3)cc21. The number of benzene rings is 6. The van der Waals surface area contributed by atoms with Gasteiger partial charge in [0.1, 0.15) is 47.9 Å². The predicted octanol–water partition coefficient (Wildman–Crippen LogP) is 11.7. The number of carbonyl (C=O) groups is 4. The first-order chi connectivity index (χ1) is 38.5. The number of ether oxygens (including phenoxy) is 4. The lowest BCUT2D eigenvalue weighted by molar-refractivity contribution is -0.123. The molecular formula is C61H66N8O8S2. The number of hydrogen-bond donors (Lipinski definition) is 2. The highest BCUT2D eigenvalue weighted by Crippen LogP contribution is 2.37. The number of aromatic nitrogens is 4. The molecule has 6 aromatic carbocycles. The van der Waals surface area contributed by atoms with Crippen LogP contribution in [0.1, 0.15) is 61.3 Å². The second-order valence-electron chi connectivity index (χ2n) is 19.5. The van der Waals surface area contributed by atoms with E-state index >= 15 is 0 Å². The maximum atomic E-state index is 11.8. The predicted molar refractivity (Wildman–Crippen MR) is 314 cm³/mol. The molecule has 79 heavy (non-hydrogen) atoms. The van der Waals surface area contributed by atoms with E-state index in [2.05, 4.69) is 75.1 Å². The van der Waals surface area contributed by atoms with E-state index in [-0.39, 0.29) is 22.3 Å². The lowest BCUT2D eigenvalue weighted by Crippen LogP contribution is -2.29. The number of hydrogen-bond acceptors (Lipinski definition) is 14. The molecule has 410 valence electrons. The first-order valence-corrected chi connectivity index (χ1v) is 28.9. The zero-order chi connectivity index (χ0) is 55.1. The number of fused-ring (bicyclic) bond motifs is 2. The van der Waals surface area contributed by atoms with E-state index < -0.39 is 0 Å². The Balaban J connectivity index is 0.000000171. The third-order valence-corrected chi connectivity index (χ3v) is 15.4. The fourth-order valence-corrected chi connectivity index (χ4v) is 10.8. The Hall–Kier alpha value is -7.96. The van der Waals surface area contributed by atoms with Crippen LogP contribution in [-0.4, -0.2) is 86.0 Å². The normalized spacial score (nSPS) is 15.1. The molecular weight excluding hydrogens is 1040 g/mol. The standard InChI is InChI=1S/C30H30N4O4S.C27H29N3O2.C4H7NO2S/c1-33-25-18-22(38-26-8-4-3-7-24(26)34-15-5-2-6-16-34)13-14-23(25)31-28(33)19-37-21-11-9-20(10-12-21)17-27-29(35)32-30(36)39-27;1-20-10-12-21(13-11-20)31-19-27-28-23-15-14-22(18-25(23)29(27)2)32-26-9-5-4-8-24(26)30-16-6-3-7-17-30;1-8-2-4(7)5-3-6/h3-4,7-14,18,27H,2,5-6,15-17,19H2,1H3,(H,32,35,36);4-5,8-15,18H,3,6-7,16-17,19H2,1-2H3;3H,2H2,1H3,(H,5,6,7). The monoisotopic (exact) mass is 1100 g/mol. The summed E-state index contributed by atoms with van der Waals surface area (Å²) >= 11 is 2.42. The number of imidazole rings is 2. The van der Waals surface area contributed by atoms with Gasteiger partial charge in [0.2, 0.25) is 18.2 Å². The van der Waals surface area contributed by atoms with Crippen LogP contribution < -0.4 is 39.4 Å². The number of piperidine rings is 2. The summed E-state index contributed by atoms with van der Waals surface area (Å²) in [5.74, 6) is 6.47. The number of nitrogens with one attached hydrogen (secondary N) is 2. The number of anilines is 2. The maximum Gasteiger partial charge on any atom is 0.286 e. The molecule has 0 radical (unpaired) electrons. The molecule has 5 heterocycles. The number of rotatable bonds is 17. The number of aryl methyl sites for hydroxylation is 3. The Kier molecular flexibility index (Phi) is 19.1. The van der Waals surface area contributed by atoms with Crippen LogP contribution in [0.15, 0.2) is 133 Å². The van der Waals surface area contributed by atoms with E-state index in [1.165, 1.54) is 61.5 Å². The molecule has 0 aliphatic carbocycles. The topological polar surface area (TPSA) is 171 Å². The Morgan fingerprint density at radius 3 is 1.58 bits per heavy atom. The molecule has 2 N–H and O–H groups in total. The van der Waals surface area contributed by atoms with Gasteiger partial charge in [0.05, 0.1) is 44.4 Å². The van der Waals surface area contributed by atoms with Gasteiger partial charge >= 0.3 is 0 Å². The lowest BCUT2D eigenvalue weighted by Gasteiger charge is -2.30. The Morgan fingerprint density at radius 1 is 0.658 bits per heavy atom. The smallest absolute Gasteiger partial charge is 0.286 e. The van der Waals surface area contributed by atoms with E-state index in [0.717, 1.165) is 112 Å². The summed E-state index contributed by atoms with van der Waals surface area (Å²) in [5.41, 5.74) is 8.32. The maximum absolute atomic E-state index is 11.8. The van der Waals surface area contributed by atoms with Crippen molar-refractivity contribution in [3.63, 3.8) is 0 Å². The van der Waals surface area contributed by atoms with Crippen molar-refractivity contribution in [3.05, 3.63) is 156 Å². The number of nitrogens with zero attached hydrogens (tertiary/aromatic N) is 6. The van der Waals surface area contributed by atoms with Crippen LogP contribution in [0.2, 0.25) is 0 Å². The van der Waals surface area contributed by atoms with E-state index in [1.807, 2.05) is 109 Å². The number of amides is 4. The largest absolute Gasteiger partial charge is 0.486 e. The van der Waals surface area contributed by atoms with Gasteiger partial charge in [-0.3, -0.25) is 29.8 Å². The minimum atomic E-state index is -0.378. The quantitative estimate of drug-likeness (QED) is 0.0825. The zero-order valence-electron chi connectivity index (χ0n) is 45.0. The minimum Gasteiger partial charge on any atom is -0.486 e. The molecule has 3 aliphatic heterocycles. The van der Waals surface area contributed by atoms with Crippen LogP contribution in [0.3, 0.4) is 0 Å². The van der Waals surface area contributed by atoms with Crippen molar-refractivity contribution in [1.29, 1.82) is 0 Å². The molecule has 0 spiro atoms. The van der Waals surface area contributed by atoms with Gasteiger partial charge in [-0.05, 0) is 136 Å². The third-order valence-electron chi connectivity index (χ3n) is 13.8. The van der Waals surface area contributed by atoms with Crippen molar-refractivity contribution in [2.24, 2.45) is 14.1 Å². The number of imide groups is 2. The van der Waals surface area contributed by atoms with Gasteiger partial charge in [0, 0.05) is 52.4 Å². The van der Waals surface area contributed by atoms with Crippen molar-refractivity contribution < 1.29 is 38.1 Å². The van der Waals surface area contributed by atoms with Crippen LogP contribution >= 0.6 is 23.5 Å². The number of para-hydroxylation sites is 4. The molecule has 11 rings (SSSR count). The van der Waals surface area contributed by atoms with Crippen molar-refractivity contribution in [2.75, 3.05) is 48.0 Å². The van der Waals surface area contributed by atoms with Gasteiger partial charge in [-0.2, -0.15) is 11.8 Å². The molecule has 3 aliphatic rings. The van der Waals surface area contributed by atoms with E-state index in [0.29, 0.717) is 37.5 Å². The van der Waals surface area contributed by atoms with Crippen LogP contribution in [0.25, 0.3) is 22.1 Å². The van der Waals surface area contributed by atoms with Gasteiger partial charge in [-0.1, -0.05) is 65.9 Å². The van der Waals surface area contributed by atoms with Gasteiger partial charge in [-0.15, -0.1) is 0 Å². The van der Waals surface area contributed by atoms with Crippen LogP contribution in [0.5, 0.6) is 34.5 Å². The van der Waals surface area contributed by atoms with E-state index in [1.54, 1.807) is 6.26 Å². The van der Waals surface area contributed by atoms with Gasteiger partial charge < -0.3 is 37.9 Å². The number of carbonyl (C=O) groups excluding carboxylic acids is 4. The van der Waals surface area contributed by atoms with Crippen LogP contribution in [0, 0.1) is 6.92 Å². The Labute approximate surface area is 469 Å². The highest BCUT2D eigenvalue weighted by atomic mass is 32.2. The average Bonchev–Trinajstić information content (AvgIpc) is 4.21. The summed E-state index contributed by atoms with van der Waals surface area (Å²) in [5, 5.41) is 3.67. The second kappa shape index (κ2) is 27.1. The summed E-state index contributed by atoms with van der Waals surface area (Å²) in [6, 6.07) is 44.3. The van der Waals surface area contributed by atoms with Crippen molar-refractivity contribution >= 4 is 80.4 Å². The highest BCUT2D eigenvalue weighted by molar-refractivity contribution is 8.15. The average molecular weight is 1100 g/mol. The van der Waals surface area contributed by atoms with E-state index in [4.69, 9.17) is 28.9 Å². The highest BCUT2D eigenvalue weighted by Gasteiger charge is 2.31. The third kappa shape index (κ3) is 14.8. The van der Waals surface area contributed by atoms with Crippen LogP contribution in [-0.2, 0) is 48.1 Å². The molecule has 3 saturated heterocycles. The van der Waals surface area contributed by atoms with Crippen molar-refractivity contribution in [2.45, 2.75) is 70.3 Å². The van der Waals surface area contributed by atoms with Crippen molar-refractivity contribution in [1.82, 2.24) is 29.7 Å². The minimum absolute atomic E-state index is 0.230. The summed E-state index contributed by atoms with van der Waals surface area (Å²) in [4.78, 5) is 57.4. The Bertz CT molecular complexity index is 3370. The lowest BCUT2D eigenvalue weighted by atomic mass is 10.1. The van der Waals surface area contributed by atoms with E-state index in [9.17, 15) is 19.2 Å². The molecule has 2 aromatic heterocycles. The van der Waals surface area contributed by atoms with Gasteiger partial charge in [0.15, 0.2) is 11.5 Å². The fraction of sp³-hybridized carbons (Fsp3) is 0.311. The molecule has 0 saturated carbocycles. The van der Waals surface area contributed by atoms with Crippen molar-refractivity contribution in [3.8, 4) is 34.5 Å². The summed E-state index contributed by atoms with van der Waals surface area (Å²) in [7, 11) is 4.00. The summed E-state index contributed by atoms with van der Waals surface area (Å²) in [6.45, 7) is 7.10. The van der Waals surface area contributed by atoms with Gasteiger partial charge in [0.25, 0.3) is 5.24 Å².